The normalized spacial score (nSPS) is 29.5. The summed E-state index contributed by atoms with van der Waals surface area (Å²) in [7, 11) is 0. The van der Waals surface area contributed by atoms with Gasteiger partial charge in [0.25, 0.3) is 0 Å². The highest BCUT2D eigenvalue weighted by Gasteiger charge is 2.27. The lowest BCUT2D eigenvalue weighted by molar-refractivity contribution is 0.136. The van der Waals surface area contributed by atoms with Gasteiger partial charge in [0.15, 0.2) is 0 Å². The molecule has 0 aromatic carbocycles. The van der Waals surface area contributed by atoms with Crippen molar-refractivity contribution < 1.29 is 5.11 Å². The number of halogens is 1. The van der Waals surface area contributed by atoms with Crippen molar-refractivity contribution in [1.29, 1.82) is 0 Å². The first-order valence-electron chi connectivity index (χ1n) is 4.15. The molecule has 0 saturated heterocycles. The second-order valence-electron chi connectivity index (χ2n) is 3.17. The Balaban J connectivity index is 2.24. The van der Waals surface area contributed by atoms with E-state index in [1.54, 1.807) is 6.20 Å². The van der Waals surface area contributed by atoms with E-state index in [0.717, 1.165) is 19.3 Å². The molecular weight excluding hydrogens is 176 g/mol. The van der Waals surface area contributed by atoms with E-state index in [4.69, 9.17) is 11.6 Å². The van der Waals surface area contributed by atoms with Crippen molar-refractivity contribution in [1.82, 2.24) is 9.55 Å². The minimum Gasteiger partial charge on any atom is -0.391 e. The monoisotopic (exact) mass is 186 g/mol. The average molecular weight is 187 g/mol. The molecule has 2 unspecified atom stereocenters. The highest BCUT2D eigenvalue weighted by atomic mass is 35.5. The molecule has 1 saturated carbocycles. The maximum absolute atomic E-state index is 9.58. The van der Waals surface area contributed by atoms with Crippen LogP contribution in [0.25, 0.3) is 0 Å². The van der Waals surface area contributed by atoms with Gasteiger partial charge in [0.05, 0.1) is 12.1 Å². The highest BCUT2D eigenvalue weighted by Crippen LogP contribution is 2.31. The molecule has 2 rings (SSSR count). The molecule has 1 aromatic rings. The molecular formula is C8H11ClN2O. The van der Waals surface area contributed by atoms with Crippen LogP contribution in [0.5, 0.6) is 0 Å². The third-order valence-corrected chi connectivity index (χ3v) is 2.72. The Morgan fingerprint density at radius 2 is 2.42 bits per heavy atom. The van der Waals surface area contributed by atoms with Crippen molar-refractivity contribution in [2.24, 2.45) is 0 Å². The van der Waals surface area contributed by atoms with Gasteiger partial charge in [0.1, 0.15) is 0 Å². The largest absolute Gasteiger partial charge is 0.391 e. The van der Waals surface area contributed by atoms with E-state index < -0.39 is 0 Å². The first kappa shape index (κ1) is 8.08. The molecule has 1 heterocycles. The summed E-state index contributed by atoms with van der Waals surface area (Å²) in [4.78, 5) is 3.91. The van der Waals surface area contributed by atoms with Gasteiger partial charge in [0.2, 0.25) is 5.28 Å². The van der Waals surface area contributed by atoms with E-state index in [2.05, 4.69) is 4.98 Å². The van der Waals surface area contributed by atoms with Gasteiger partial charge >= 0.3 is 0 Å². The molecule has 0 bridgehead atoms. The van der Waals surface area contributed by atoms with Crippen LogP contribution in [-0.4, -0.2) is 20.8 Å². The lowest BCUT2D eigenvalue weighted by Gasteiger charge is -2.16. The second-order valence-corrected chi connectivity index (χ2v) is 3.51. The van der Waals surface area contributed by atoms with Crippen LogP contribution in [0.4, 0.5) is 0 Å². The fourth-order valence-electron chi connectivity index (χ4n) is 1.79. The van der Waals surface area contributed by atoms with Crippen molar-refractivity contribution in [2.75, 3.05) is 0 Å². The summed E-state index contributed by atoms with van der Waals surface area (Å²) in [5.74, 6) is 0. The number of hydrogen-bond donors (Lipinski definition) is 1. The molecule has 12 heavy (non-hydrogen) atoms. The van der Waals surface area contributed by atoms with E-state index >= 15 is 0 Å². The summed E-state index contributed by atoms with van der Waals surface area (Å²) < 4.78 is 1.85. The van der Waals surface area contributed by atoms with E-state index in [1.807, 2.05) is 10.8 Å². The summed E-state index contributed by atoms with van der Waals surface area (Å²) in [6.07, 6.45) is 6.17. The number of hydrogen-bond acceptors (Lipinski definition) is 2. The minimum absolute atomic E-state index is 0.139. The standard InChI is InChI=1S/C8H11ClN2O/c9-8-10-4-5-11(8)6-2-1-3-7(6)12/h4-7,12H,1-3H2. The predicted octanol–water partition coefficient (Wildman–Crippen LogP) is 1.62. The van der Waals surface area contributed by atoms with E-state index in [0.29, 0.717) is 5.28 Å². The van der Waals surface area contributed by atoms with Crippen molar-refractivity contribution in [3.8, 4) is 0 Å². The molecule has 0 radical (unpaired) electrons. The second kappa shape index (κ2) is 3.07. The molecule has 0 aliphatic heterocycles. The van der Waals surface area contributed by atoms with Gasteiger partial charge in [-0.1, -0.05) is 0 Å². The zero-order valence-electron chi connectivity index (χ0n) is 6.65. The average Bonchev–Trinajstić information content (AvgIpc) is 2.59. The van der Waals surface area contributed by atoms with Crippen LogP contribution >= 0.6 is 11.6 Å². The molecule has 2 atom stereocenters. The summed E-state index contributed by atoms with van der Waals surface area (Å²) in [5, 5.41) is 10.1. The Labute approximate surface area is 76.0 Å². The van der Waals surface area contributed by atoms with E-state index in [-0.39, 0.29) is 12.1 Å². The number of rotatable bonds is 1. The zero-order chi connectivity index (χ0) is 8.55. The minimum atomic E-state index is -0.253. The van der Waals surface area contributed by atoms with Gasteiger partial charge in [-0.25, -0.2) is 4.98 Å². The fourth-order valence-corrected chi connectivity index (χ4v) is 2.03. The molecule has 4 heteroatoms. The molecule has 1 aliphatic carbocycles. The van der Waals surface area contributed by atoms with Crippen LogP contribution in [0.2, 0.25) is 5.28 Å². The molecule has 3 nitrogen and oxygen atoms in total. The molecule has 1 aliphatic rings. The van der Waals surface area contributed by atoms with Crippen molar-refractivity contribution >= 4 is 11.6 Å². The summed E-state index contributed by atoms with van der Waals surface area (Å²) in [5.41, 5.74) is 0. The number of aliphatic hydroxyl groups excluding tert-OH is 1. The predicted molar refractivity (Wildman–Crippen MR) is 46.1 cm³/mol. The molecule has 1 N–H and O–H groups in total. The van der Waals surface area contributed by atoms with Crippen LogP contribution in [0, 0.1) is 0 Å². The molecule has 0 spiro atoms. The van der Waals surface area contributed by atoms with Crippen LogP contribution < -0.4 is 0 Å². The molecule has 1 fully saturated rings. The summed E-state index contributed by atoms with van der Waals surface area (Å²) in [6.45, 7) is 0. The third-order valence-electron chi connectivity index (χ3n) is 2.42. The Hall–Kier alpha value is -0.540. The Morgan fingerprint density at radius 3 is 2.92 bits per heavy atom. The SMILES string of the molecule is OC1CCCC1n1ccnc1Cl. The van der Waals surface area contributed by atoms with Crippen LogP contribution in [0.1, 0.15) is 25.3 Å². The van der Waals surface area contributed by atoms with Crippen molar-refractivity contribution in [2.45, 2.75) is 31.4 Å². The van der Waals surface area contributed by atoms with E-state index in [1.165, 1.54) is 0 Å². The van der Waals surface area contributed by atoms with Gasteiger partial charge in [-0.15, -0.1) is 0 Å². The quantitative estimate of drug-likeness (QED) is 0.724. The number of aliphatic hydroxyl groups is 1. The maximum atomic E-state index is 9.58. The number of imidazole rings is 1. The topological polar surface area (TPSA) is 38.0 Å². The molecule has 1 aromatic heterocycles. The van der Waals surface area contributed by atoms with Crippen LogP contribution in [0.15, 0.2) is 12.4 Å². The van der Waals surface area contributed by atoms with E-state index in [9.17, 15) is 5.11 Å². The third kappa shape index (κ3) is 1.23. The fraction of sp³-hybridized carbons (Fsp3) is 0.625. The van der Waals surface area contributed by atoms with Gasteiger partial charge in [-0.3, -0.25) is 0 Å². The number of aromatic nitrogens is 2. The molecule has 0 amide bonds. The Bertz CT molecular complexity index is 274. The first-order valence-corrected chi connectivity index (χ1v) is 4.53. The van der Waals surface area contributed by atoms with Crippen LogP contribution in [-0.2, 0) is 0 Å². The van der Waals surface area contributed by atoms with Gasteiger partial charge in [-0.05, 0) is 30.9 Å². The van der Waals surface area contributed by atoms with Gasteiger partial charge in [0, 0.05) is 12.4 Å². The lowest BCUT2D eigenvalue weighted by Crippen LogP contribution is -2.17. The van der Waals surface area contributed by atoms with Crippen LogP contribution in [0.3, 0.4) is 0 Å². The van der Waals surface area contributed by atoms with Crippen molar-refractivity contribution in [3.63, 3.8) is 0 Å². The zero-order valence-corrected chi connectivity index (χ0v) is 7.41. The smallest absolute Gasteiger partial charge is 0.203 e. The summed E-state index contributed by atoms with van der Waals surface area (Å²) >= 11 is 5.83. The molecule has 66 valence electrons. The number of nitrogens with zero attached hydrogens (tertiary/aromatic N) is 2. The Kier molecular flexibility index (Phi) is 2.07. The van der Waals surface area contributed by atoms with Crippen molar-refractivity contribution in [3.05, 3.63) is 17.7 Å². The Morgan fingerprint density at radius 1 is 1.58 bits per heavy atom. The van der Waals surface area contributed by atoms with Gasteiger partial charge < -0.3 is 9.67 Å². The van der Waals surface area contributed by atoms with Gasteiger partial charge in [-0.2, -0.15) is 0 Å². The first-order chi connectivity index (χ1) is 5.79. The maximum Gasteiger partial charge on any atom is 0.203 e. The highest BCUT2D eigenvalue weighted by molar-refractivity contribution is 6.28. The summed E-state index contributed by atoms with van der Waals surface area (Å²) in [6, 6.07) is 0.139. The lowest BCUT2D eigenvalue weighted by atomic mass is 10.2.